The van der Waals surface area contributed by atoms with Gasteiger partial charge >= 0.3 is 54.9 Å². The summed E-state index contributed by atoms with van der Waals surface area (Å²) in [6, 6.07) is 6.78. The van der Waals surface area contributed by atoms with Crippen LogP contribution in [-0.4, -0.2) is 66.6 Å². The molecule has 0 aliphatic heterocycles. The number of rotatable bonds is 9. The fraction of sp³-hybridized carbons (Fsp3) is 0.533. The summed E-state index contributed by atoms with van der Waals surface area (Å²) in [6.07, 6.45) is 7.19. The van der Waals surface area contributed by atoms with E-state index in [9.17, 15) is 4.79 Å². The minimum atomic E-state index is -0.937. The van der Waals surface area contributed by atoms with Crippen LogP contribution in [0.3, 0.4) is 0 Å². The van der Waals surface area contributed by atoms with Gasteiger partial charge in [-0.15, -0.1) is 0 Å². The van der Waals surface area contributed by atoms with Crippen LogP contribution in [0.1, 0.15) is 55.8 Å². The van der Waals surface area contributed by atoms with Crippen LogP contribution in [0.5, 0.6) is 5.75 Å². The predicted molar refractivity (Wildman–Crippen MR) is 80.8 cm³/mol. The molecule has 0 spiro atoms. The molecule has 1 rings (SSSR count). The first kappa shape index (κ1) is 19.1. The first-order valence-electron chi connectivity index (χ1n) is 6.70. The number of carboxylic acids is 1. The zero-order chi connectivity index (χ0) is 13.2. The molecule has 0 fully saturated rings. The SMILES string of the molecule is CCCCCCCCOc1ccccc1C(=O)O.[BaH2]. The monoisotopic (exact) mass is 390 g/mol. The van der Waals surface area contributed by atoms with Crippen molar-refractivity contribution in [2.75, 3.05) is 6.61 Å². The van der Waals surface area contributed by atoms with Crippen LogP contribution in [0.25, 0.3) is 0 Å². The molecule has 19 heavy (non-hydrogen) atoms. The molecule has 0 saturated heterocycles. The Hall–Kier alpha value is 0.0614. The molecule has 0 amide bonds. The van der Waals surface area contributed by atoms with Gasteiger partial charge in [0.05, 0.1) is 6.61 Å². The molecule has 0 saturated carbocycles. The fourth-order valence-electron chi connectivity index (χ4n) is 1.83. The van der Waals surface area contributed by atoms with Crippen molar-refractivity contribution in [3.8, 4) is 5.75 Å². The van der Waals surface area contributed by atoms with Crippen molar-refractivity contribution < 1.29 is 14.6 Å². The number of aromatic carboxylic acids is 1. The van der Waals surface area contributed by atoms with Gasteiger partial charge in [-0.2, -0.15) is 0 Å². The van der Waals surface area contributed by atoms with E-state index >= 15 is 0 Å². The van der Waals surface area contributed by atoms with Crippen molar-refractivity contribution in [3.63, 3.8) is 0 Å². The number of hydrogen-bond donors (Lipinski definition) is 1. The van der Waals surface area contributed by atoms with Gasteiger partial charge in [0.1, 0.15) is 11.3 Å². The van der Waals surface area contributed by atoms with Gasteiger partial charge in [-0.3, -0.25) is 0 Å². The Kier molecular flexibility index (Phi) is 11.9. The van der Waals surface area contributed by atoms with Crippen LogP contribution in [0.4, 0.5) is 0 Å². The van der Waals surface area contributed by atoms with E-state index in [1.807, 2.05) is 0 Å². The summed E-state index contributed by atoms with van der Waals surface area (Å²) in [5.74, 6) is -0.466. The molecule has 0 bridgehead atoms. The summed E-state index contributed by atoms with van der Waals surface area (Å²) < 4.78 is 5.52. The molecule has 1 aromatic rings. The standard InChI is InChI=1S/C15H22O3.Ba.2H/c1-2-3-4-5-6-9-12-18-14-11-8-7-10-13(14)15(16)17;;;/h7-8,10-11H,2-6,9,12H2,1H3,(H,16,17);;;. The number of unbranched alkanes of at least 4 members (excludes halogenated alkanes) is 5. The summed E-state index contributed by atoms with van der Waals surface area (Å²) >= 11 is 0. The topological polar surface area (TPSA) is 46.5 Å². The first-order chi connectivity index (χ1) is 8.75. The number of para-hydroxylation sites is 1. The maximum atomic E-state index is 10.9. The molecule has 1 N–H and O–H groups in total. The van der Waals surface area contributed by atoms with E-state index < -0.39 is 5.97 Å². The Labute approximate surface area is 155 Å². The Morgan fingerprint density at radius 3 is 2.42 bits per heavy atom. The molecule has 0 atom stereocenters. The van der Waals surface area contributed by atoms with E-state index in [1.165, 1.54) is 25.7 Å². The molecule has 0 aliphatic carbocycles. The number of benzene rings is 1. The number of ether oxygens (including phenoxy) is 1. The predicted octanol–water partition coefficient (Wildman–Crippen LogP) is 3.21. The summed E-state index contributed by atoms with van der Waals surface area (Å²) in [5, 5.41) is 8.99. The number of carbonyl (C=O) groups is 1. The van der Waals surface area contributed by atoms with E-state index in [2.05, 4.69) is 6.92 Å². The molecule has 104 valence electrons. The second-order valence-electron chi connectivity index (χ2n) is 4.42. The van der Waals surface area contributed by atoms with Crippen LogP contribution < -0.4 is 4.74 Å². The van der Waals surface area contributed by atoms with Gasteiger partial charge in [-0.1, -0.05) is 51.2 Å². The summed E-state index contributed by atoms with van der Waals surface area (Å²) in [4.78, 5) is 10.9. The molecule has 0 aromatic heterocycles. The molecule has 0 unspecified atom stereocenters. The molecule has 3 nitrogen and oxygen atoms in total. The van der Waals surface area contributed by atoms with E-state index in [-0.39, 0.29) is 54.4 Å². The Morgan fingerprint density at radius 1 is 1.11 bits per heavy atom. The van der Waals surface area contributed by atoms with Gasteiger partial charge in [-0.05, 0) is 18.6 Å². The first-order valence-corrected chi connectivity index (χ1v) is 6.70. The zero-order valence-electron chi connectivity index (χ0n) is 11.0. The number of carboxylic acid groups (broad SMARTS) is 1. The van der Waals surface area contributed by atoms with Gasteiger partial charge < -0.3 is 9.84 Å². The second kappa shape index (κ2) is 11.9. The molecule has 0 radical (unpaired) electrons. The maximum absolute atomic E-state index is 10.9. The van der Waals surface area contributed by atoms with Gasteiger partial charge in [-0.25, -0.2) is 4.79 Å². The van der Waals surface area contributed by atoms with Gasteiger partial charge in [0, 0.05) is 0 Å². The normalized spacial score (nSPS) is 9.74. The van der Waals surface area contributed by atoms with Gasteiger partial charge in [0.25, 0.3) is 0 Å². The quantitative estimate of drug-likeness (QED) is 0.521. The summed E-state index contributed by atoms with van der Waals surface area (Å²) in [7, 11) is 0. The van der Waals surface area contributed by atoms with E-state index in [0.717, 1.165) is 12.8 Å². The van der Waals surface area contributed by atoms with Crippen LogP contribution in [0.2, 0.25) is 0 Å². The van der Waals surface area contributed by atoms with Crippen LogP contribution in [0.15, 0.2) is 24.3 Å². The fourth-order valence-corrected chi connectivity index (χ4v) is 1.83. The second-order valence-corrected chi connectivity index (χ2v) is 4.42. The van der Waals surface area contributed by atoms with Crippen LogP contribution in [-0.2, 0) is 0 Å². The van der Waals surface area contributed by atoms with Crippen LogP contribution >= 0.6 is 0 Å². The summed E-state index contributed by atoms with van der Waals surface area (Å²) in [6.45, 7) is 2.79. The Balaban J connectivity index is 0.00000324. The van der Waals surface area contributed by atoms with E-state index in [1.54, 1.807) is 24.3 Å². The average molecular weight is 390 g/mol. The van der Waals surface area contributed by atoms with Crippen molar-refractivity contribution in [1.82, 2.24) is 0 Å². The number of hydrogen-bond acceptors (Lipinski definition) is 2. The molecule has 0 aliphatic rings. The van der Waals surface area contributed by atoms with Crippen molar-refractivity contribution >= 4 is 54.9 Å². The summed E-state index contributed by atoms with van der Waals surface area (Å²) in [5.41, 5.74) is 0.239. The average Bonchev–Trinajstić information content (AvgIpc) is 2.38. The molecule has 0 heterocycles. The van der Waals surface area contributed by atoms with E-state index in [0.29, 0.717) is 12.4 Å². The third-order valence-electron chi connectivity index (χ3n) is 2.87. The molecular weight excluding hydrogens is 365 g/mol. The van der Waals surface area contributed by atoms with Crippen molar-refractivity contribution in [2.45, 2.75) is 45.4 Å². The third kappa shape index (κ3) is 8.05. The van der Waals surface area contributed by atoms with Crippen molar-refractivity contribution in [3.05, 3.63) is 29.8 Å². The minimum absolute atomic E-state index is 0. The molecule has 1 aromatic carbocycles. The van der Waals surface area contributed by atoms with Crippen molar-refractivity contribution in [1.29, 1.82) is 0 Å². The third-order valence-corrected chi connectivity index (χ3v) is 2.87. The van der Waals surface area contributed by atoms with Crippen molar-refractivity contribution in [2.24, 2.45) is 0 Å². The molecule has 4 heteroatoms. The van der Waals surface area contributed by atoms with Crippen LogP contribution in [0, 0.1) is 0 Å². The Bertz CT molecular complexity index is 366. The zero-order valence-corrected chi connectivity index (χ0v) is 11.0. The van der Waals surface area contributed by atoms with E-state index in [4.69, 9.17) is 9.84 Å². The van der Waals surface area contributed by atoms with Gasteiger partial charge in [0.15, 0.2) is 0 Å². The van der Waals surface area contributed by atoms with Gasteiger partial charge in [0.2, 0.25) is 0 Å². The Morgan fingerprint density at radius 2 is 1.74 bits per heavy atom. The molecular formula is C15H24BaO3.